The number of hydrogen-bond donors (Lipinski definition) is 0. The molecule has 4 atom stereocenters. The molecule has 0 radical (unpaired) electrons. The van der Waals surface area contributed by atoms with E-state index >= 15 is 0 Å². The third kappa shape index (κ3) is 2.86. The fourth-order valence-electron chi connectivity index (χ4n) is 4.05. The summed E-state index contributed by atoms with van der Waals surface area (Å²) in [5.74, 6) is -0.940. The van der Waals surface area contributed by atoms with Gasteiger partial charge in [0, 0.05) is 6.54 Å². The first-order chi connectivity index (χ1) is 10.5. The Bertz CT molecular complexity index is 713. The summed E-state index contributed by atoms with van der Waals surface area (Å²) in [6.07, 6.45) is 2.41. The average Bonchev–Trinajstić information content (AvgIpc) is 2.76. The van der Waals surface area contributed by atoms with Crippen LogP contribution in [-0.4, -0.2) is 52.6 Å². The van der Waals surface area contributed by atoms with Crippen molar-refractivity contribution in [1.82, 2.24) is 9.21 Å². The first kappa shape index (κ1) is 19.9. The largest absolute Gasteiger partial charge is 1.00 e. The fraction of sp³-hybridized carbons (Fsp3) is 0.733. The monoisotopic (exact) mass is 364 g/mol. The molecule has 0 aromatic heterocycles. The van der Waals surface area contributed by atoms with Crippen LogP contribution in [0.3, 0.4) is 0 Å². The predicted molar refractivity (Wildman–Crippen MR) is 80.6 cm³/mol. The van der Waals surface area contributed by atoms with E-state index in [4.69, 9.17) is 0 Å². The van der Waals surface area contributed by atoms with Gasteiger partial charge in [-0.15, -0.1) is 0 Å². The maximum absolute atomic E-state index is 12.8. The third-order valence-corrected chi connectivity index (χ3v) is 6.28. The summed E-state index contributed by atoms with van der Waals surface area (Å²) in [7, 11) is -4.79. The first-order valence-electron chi connectivity index (χ1n) is 7.72. The van der Waals surface area contributed by atoms with Crippen LogP contribution in [0.15, 0.2) is 11.6 Å². The molecule has 7 nitrogen and oxygen atoms in total. The molecule has 2 heterocycles. The molecule has 3 aliphatic rings. The molecule has 0 spiro atoms. The van der Waals surface area contributed by atoms with Gasteiger partial charge < -0.3 is 9.45 Å². The number of allylic oxidation sites excluding steroid dienone is 2. The van der Waals surface area contributed by atoms with E-state index in [0.717, 1.165) is 5.57 Å². The predicted octanol–water partition coefficient (Wildman–Crippen LogP) is -2.50. The van der Waals surface area contributed by atoms with Gasteiger partial charge in [0.1, 0.15) is 6.04 Å². The summed E-state index contributed by atoms with van der Waals surface area (Å²) in [6, 6.07) is -1.47. The standard InChI is InChI=1S/C15H22N2O5S.Na/c1-8(2)7-9-11(15(9,3)4)13(18)16-6-5-10-12(16)14(19)17(10)23(20,21)22;/h7,9-12H,5-6H2,1-4H3,(H,20,21,22);/q;+1/p-1/t9-,10-,11+,12+;/m1./s1. The Balaban J connectivity index is 0.00000208. The maximum Gasteiger partial charge on any atom is 1.00 e. The Morgan fingerprint density at radius 2 is 1.92 bits per heavy atom. The van der Waals surface area contributed by atoms with Crippen LogP contribution in [0.1, 0.15) is 34.1 Å². The van der Waals surface area contributed by atoms with Gasteiger partial charge in [0.05, 0.1) is 12.0 Å². The van der Waals surface area contributed by atoms with Gasteiger partial charge >= 0.3 is 29.6 Å². The summed E-state index contributed by atoms with van der Waals surface area (Å²) in [4.78, 5) is 26.3. The second-order valence-electron chi connectivity index (χ2n) is 7.49. The molecule has 0 aromatic rings. The molecule has 24 heavy (non-hydrogen) atoms. The van der Waals surface area contributed by atoms with Gasteiger partial charge in [-0.1, -0.05) is 25.5 Å². The van der Waals surface area contributed by atoms with E-state index in [1.54, 1.807) is 0 Å². The molecule has 1 aliphatic carbocycles. The van der Waals surface area contributed by atoms with Gasteiger partial charge in [-0.25, -0.2) is 12.7 Å². The number of hydrogen-bond acceptors (Lipinski definition) is 5. The summed E-state index contributed by atoms with van der Waals surface area (Å²) >= 11 is 0. The fourth-order valence-corrected chi connectivity index (χ4v) is 4.93. The minimum absolute atomic E-state index is 0. The van der Waals surface area contributed by atoms with Crippen LogP contribution in [0.4, 0.5) is 0 Å². The van der Waals surface area contributed by atoms with Crippen molar-refractivity contribution in [3.63, 3.8) is 0 Å². The van der Waals surface area contributed by atoms with Gasteiger partial charge in [0.25, 0.3) is 5.91 Å². The van der Waals surface area contributed by atoms with Gasteiger partial charge in [-0.2, -0.15) is 0 Å². The zero-order chi connectivity index (χ0) is 17.3. The van der Waals surface area contributed by atoms with Crippen LogP contribution >= 0.6 is 0 Å². The number of fused-ring (bicyclic) bond motifs is 1. The molecule has 2 saturated heterocycles. The van der Waals surface area contributed by atoms with E-state index < -0.39 is 28.3 Å². The Hall–Kier alpha value is -0.410. The maximum atomic E-state index is 12.8. The average molecular weight is 364 g/mol. The summed E-state index contributed by atoms with van der Waals surface area (Å²) < 4.78 is 33.7. The van der Waals surface area contributed by atoms with Crippen LogP contribution in [0.25, 0.3) is 0 Å². The number of rotatable bonds is 3. The molecule has 128 valence electrons. The van der Waals surface area contributed by atoms with Crippen molar-refractivity contribution in [2.24, 2.45) is 17.3 Å². The van der Waals surface area contributed by atoms with Crippen molar-refractivity contribution in [3.05, 3.63) is 11.6 Å². The Morgan fingerprint density at radius 3 is 2.42 bits per heavy atom. The quantitative estimate of drug-likeness (QED) is 0.239. The van der Waals surface area contributed by atoms with Crippen molar-refractivity contribution in [2.45, 2.75) is 46.2 Å². The van der Waals surface area contributed by atoms with Gasteiger partial charge in [0.15, 0.2) is 10.3 Å². The smallest absolute Gasteiger partial charge is 0.731 e. The van der Waals surface area contributed by atoms with Gasteiger partial charge in [-0.05, 0) is 31.6 Å². The number of carbonyl (C=O) groups excluding carboxylic acids is 2. The van der Waals surface area contributed by atoms with Crippen LogP contribution in [0.2, 0.25) is 0 Å². The van der Waals surface area contributed by atoms with E-state index in [-0.39, 0.29) is 52.7 Å². The molecule has 2 amide bonds. The molecule has 3 rings (SSSR count). The number of likely N-dealkylation sites (tertiary alicyclic amines) is 1. The number of carbonyl (C=O) groups is 2. The second kappa shape index (κ2) is 6.09. The molecule has 3 fully saturated rings. The molecular formula is C15H21N2NaO5S. The van der Waals surface area contributed by atoms with Crippen molar-refractivity contribution in [2.75, 3.05) is 6.54 Å². The SMILES string of the molecule is CC(C)=C[C@@H]1[C@@H](C(=O)N2CC[C@@H]3[C@H]2C(=O)N3S(=O)(=O)[O-])C1(C)C.[Na+]. The van der Waals surface area contributed by atoms with Crippen LogP contribution < -0.4 is 29.6 Å². The molecule has 2 aliphatic heterocycles. The minimum atomic E-state index is -4.79. The van der Waals surface area contributed by atoms with Crippen molar-refractivity contribution in [1.29, 1.82) is 0 Å². The van der Waals surface area contributed by atoms with Gasteiger partial charge in [-0.3, -0.25) is 9.59 Å². The van der Waals surface area contributed by atoms with E-state index in [1.807, 2.05) is 27.7 Å². The summed E-state index contributed by atoms with van der Waals surface area (Å²) in [5.41, 5.74) is 0.977. The Morgan fingerprint density at radius 1 is 1.33 bits per heavy atom. The molecular weight excluding hydrogens is 343 g/mol. The molecule has 0 N–H and O–H groups in total. The minimum Gasteiger partial charge on any atom is -0.731 e. The molecule has 0 aromatic carbocycles. The summed E-state index contributed by atoms with van der Waals surface area (Å²) in [5, 5.41) is 0. The van der Waals surface area contributed by atoms with Crippen molar-refractivity contribution in [3.8, 4) is 0 Å². The Kier molecular flexibility index (Phi) is 5.05. The number of nitrogens with zero attached hydrogens (tertiary/aromatic N) is 2. The van der Waals surface area contributed by atoms with Crippen molar-refractivity contribution < 1.29 is 52.1 Å². The topological polar surface area (TPSA) is 97.8 Å². The number of amides is 2. The third-order valence-electron chi connectivity index (χ3n) is 5.35. The van der Waals surface area contributed by atoms with E-state index in [1.165, 1.54) is 4.90 Å². The summed E-state index contributed by atoms with van der Waals surface area (Å²) in [6.45, 7) is 8.32. The molecule has 1 saturated carbocycles. The first-order valence-corrected chi connectivity index (χ1v) is 9.09. The van der Waals surface area contributed by atoms with Gasteiger partial charge in [0.2, 0.25) is 5.91 Å². The normalized spacial score (nSPS) is 33.3. The van der Waals surface area contributed by atoms with E-state index in [0.29, 0.717) is 17.3 Å². The van der Waals surface area contributed by atoms with Crippen LogP contribution in [0.5, 0.6) is 0 Å². The Labute approximate surface area is 164 Å². The van der Waals surface area contributed by atoms with Crippen LogP contribution in [0, 0.1) is 17.3 Å². The van der Waals surface area contributed by atoms with Crippen LogP contribution in [-0.2, 0) is 19.9 Å². The van der Waals surface area contributed by atoms with E-state index in [9.17, 15) is 22.6 Å². The molecule has 0 unspecified atom stereocenters. The number of β-lactam (4-membered cyclic amide) rings is 1. The second-order valence-corrected chi connectivity index (χ2v) is 8.74. The molecule has 9 heteroatoms. The zero-order valence-electron chi connectivity index (χ0n) is 14.6. The van der Waals surface area contributed by atoms with E-state index in [2.05, 4.69) is 6.08 Å². The van der Waals surface area contributed by atoms with Crippen molar-refractivity contribution >= 4 is 22.1 Å². The molecule has 0 bridgehead atoms. The zero-order valence-corrected chi connectivity index (χ0v) is 17.5.